The molecule has 124 valence electrons. The molecule has 6 heteroatoms. The van der Waals surface area contributed by atoms with Gasteiger partial charge >= 0.3 is 0 Å². The maximum absolute atomic E-state index is 12.5. The molecule has 3 heterocycles. The molecule has 23 heavy (non-hydrogen) atoms. The number of aromatic nitrogens is 2. The number of likely N-dealkylation sites (tertiary alicyclic amines) is 2. The Labute approximate surface area is 136 Å². The smallest absolute Gasteiger partial charge is 0.274 e. The van der Waals surface area contributed by atoms with Crippen molar-refractivity contribution < 1.29 is 9.59 Å². The number of rotatable bonds is 4. The van der Waals surface area contributed by atoms with Gasteiger partial charge in [-0.15, -0.1) is 5.10 Å². The van der Waals surface area contributed by atoms with Crippen LogP contribution in [0.5, 0.6) is 0 Å². The molecule has 0 spiro atoms. The summed E-state index contributed by atoms with van der Waals surface area (Å²) in [4.78, 5) is 28.7. The molecule has 0 unspecified atom stereocenters. The zero-order chi connectivity index (χ0) is 16.2. The van der Waals surface area contributed by atoms with Crippen molar-refractivity contribution in [1.29, 1.82) is 0 Å². The predicted molar refractivity (Wildman–Crippen MR) is 85.7 cm³/mol. The molecule has 0 aliphatic carbocycles. The minimum absolute atomic E-state index is 0.0476. The lowest BCUT2D eigenvalue weighted by Gasteiger charge is -2.47. The fraction of sp³-hybridized carbons (Fsp3) is 0.647. The van der Waals surface area contributed by atoms with Crippen molar-refractivity contribution in [2.75, 3.05) is 19.6 Å². The molecule has 1 aromatic heterocycles. The summed E-state index contributed by atoms with van der Waals surface area (Å²) < 4.78 is 0. The second kappa shape index (κ2) is 7.06. The first-order chi connectivity index (χ1) is 11.2. The van der Waals surface area contributed by atoms with Gasteiger partial charge in [0, 0.05) is 38.3 Å². The first-order valence-electron chi connectivity index (χ1n) is 8.57. The van der Waals surface area contributed by atoms with Gasteiger partial charge in [-0.1, -0.05) is 13.3 Å². The highest BCUT2D eigenvalue weighted by molar-refractivity contribution is 5.92. The van der Waals surface area contributed by atoms with Crippen molar-refractivity contribution in [3.05, 3.63) is 24.0 Å². The Hall–Kier alpha value is -1.98. The van der Waals surface area contributed by atoms with E-state index in [4.69, 9.17) is 0 Å². The van der Waals surface area contributed by atoms with Crippen LogP contribution in [0.25, 0.3) is 0 Å². The third-order valence-corrected chi connectivity index (χ3v) is 4.97. The number of carbonyl (C=O) groups is 2. The molecule has 6 nitrogen and oxygen atoms in total. The molecule has 0 saturated carbocycles. The van der Waals surface area contributed by atoms with Gasteiger partial charge in [0.05, 0.1) is 0 Å². The maximum atomic E-state index is 12.5. The largest absolute Gasteiger partial charge is 0.339 e. The first kappa shape index (κ1) is 15.9. The van der Waals surface area contributed by atoms with E-state index < -0.39 is 0 Å². The molecule has 2 saturated heterocycles. The summed E-state index contributed by atoms with van der Waals surface area (Å²) in [7, 11) is 0. The first-order valence-corrected chi connectivity index (χ1v) is 8.57. The van der Waals surface area contributed by atoms with Crippen LogP contribution in [0, 0.1) is 5.92 Å². The molecule has 2 fully saturated rings. The lowest BCUT2D eigenvalue weighted by Crippen LogP contribution is -2.57. The van der Waals surface area contributed by atoms with Crippen LogP contribution in [-0.4, -0.2) is 57.5 Å². The van der Waals surface area contributed by atoms with E-state index in [9.17, 15) is 9.59 Å². The number of fused-ring (bicyclic) bond motifs is 1. The molecule has 1 aromatic rings. The van der Waals surface area contributed by atoms with Crippen LogP contribution in [0.2, 0.25) is 0 Å². The van der Waals surface area contributed by atoms with Gasteiger partial charge < -0.3 is 9.80 Å². The van der Waals surface area contributed by atoms with Gasteiger partial charge in [0.2, 0.25) is 5.91 Å². The van der Waals surface area contributed by atoms with E-state index in [1.54, 1.807) is 18.3 Å². The van der Waals surface area contributed by atoms with Crippen LogP contribution in [-0.2, 0) is 4.79 Å². The lowest BCUT2D eigenvalue weighted by molar-refractivity contribution is -0.140. The Morgan fingerprint density at radius 1 is 1.39 bits per heavy atom. The van der Waals surface area contributed by atoms with Crippen molar-refractivity contribution in [2.45, 2.75) is 45.1 Å². The summed E-state index contributed by atoms with van der Waals surface area (Å²) in [5.41, 5.74) is 0.403. The monoisotopic (exact) mass is 316 g/mol. The van der Waals surface area contributed by atoms with E-state index in [1.807, 2.05) is 4.90 Å². The molecule has 3 rings (SSSR count). The van der Waals surface area contributed by atoms with Crippen LogP contribution in [0.3, 0.4) is 0 Å². The fourth-order valence-electron chi connectivity index (χ4n) is 3.73. The quantitative estimate of drug-likeness (QED) is 0.848. The van der Waals surface area contributed by atoms with E-state index in [-0.39, 0.29) is 11.8 Å². The Kier molecular flexibility index (Phi) is 4.88. The number of amides is 2. The zero-order valence-electron chi connectivity index (χ0n) is 13.6. The van der Waals surface area contributed by atoms with Gasteiger partial charge in [-0.3, -0.25) is 9.59 Å². The van der Waals surface area contributed by atoms with Gasteiger partial charge in [-0.05, 0) is 37.3 Å². The second-order valence-corrected chi connectivity index (χ2v) is 6.46. The fourth-order valence-corrected chi connectivity index (χ4v) is 3.73. The maximum Gasteiger partial charge on any atom is 0.274 e. The molecule has 2 atom stereocenters. The van der Waals surface area contributed by atoms with Gasteiger partial charge in [0.25, 0.3) is 5.91 Å². The molecule has 2 aliphatic rings. The summed E-state index contributed by atoms with van der Waals surface area (Å²) in [6.07, 6.45) is 6.08. The molecule has 0 aromatic carbocycles. The molecule has 2 aliphatic heterocycles. The van der Waals surface area contributed by atoms with E-state index in [2.05, 4.69) is 22.0 Å². The van der Waals surface area contributed by atoms with Gasteiger partial charge in [-0.25, -0.2) is 0 Å². The molecular formula is C17H24N4O2. The average Bonchev–Trinajstić information content (AvgIpc) is 2.60. The van der Waals surface area contributed by atoms with Crippen LogP contribution < -0.4 is 0 Å². The molecule has 0 N–H and O–H groups in total. The zero-order valence-corrected chi connectivity index (χ0v) is 13.6. The SMILES string of the molecule is CCCCN1C(=O)CC[C@H]2CN(C(=O)c3cccnn3)CC[C@H]21. The van der Waals surface area contributed by atoms with Crippen molar-refractivity contribution in [3.8, 4) is 0 Å². The standard InChI is InChI=1S/C17H24N4O2/c1-2-3-10-21-15-8-11-20(12-13(15)6-7-16(21)22)17(23)14-5-4-9-18-19-14/h4-5,9,13,15H,2-3,6-8,10-12H2,1H3/t13-,15+/m0/s1. The number of hydrogen-bond donors (Lipinski definition) is 0. The van der Waals surface area contributed by atoms with Gasteiger partial charge in [0.1, 0.15) is 0 Å². The predicted octanol–water partition coefficient (Wildman–Crippen LogP) is 1.73. The Morgan fingerprint density at radius 3 is 3.00 bits per heavy atom. The minimum Gasteiger partial charge on any atom is -0.339 e. The van der Waals surface area contributed by atoms with E-state index in [0.29, 0.717) is 30.6 Å². The average molecular weight is 316 g/mol. The highest BCUT2D eigenvalue weighted by Crippen LogP contribution is 2.31. The molecule has 0 radical (unpaired) electrons. The summed E-state index contributed by atoms with van der Waals surface area (Å²) in [5, 5.41) is 7.71. The topological polar surface area (TPSA) is 66.4 Å². The van der Waals surface area contributed by atoms with Gasteiger partial charge in [-0.2, -0.15) is 5.10 Å². The van der Waals surface area contributed by atoms with Crippen molar-refractivity contribution >= 4 is 11.8 Å². The molecule has 0 bridgehead atoms. The van der Waals surface area contributed by atoms with Gasteiger partial charge in [0.15, 0.2) is 5.69 Å². The van der Waals surface area contributed by atoms with E-state index >= 15 is 0 Å². The lowest BCUT2D eigenvalue weighted by atomic mass is 9.83. The normalized spacial score (nSPS) is 24.5. The number of piperidine rings is 2. The Morgan fingerprint density at radius 2 is 2.26 bits per heavy atom. The summed E-state index contributed by atoms with van der Waals surface area (Å²) >= 11 is 0. The van der Waals surface area contributed by atoms with Crippen LogP contribution >= 0.6 is 0 Å². The third-order valence-electron chi connectivity index (χ3n) is 4.97. The van der Waals surface area contributed by atoms with Crippen molar-refractivity contribution in [2.24, 2.45) is 5.92 Å². The molecular weight excluding hydrogens is 292 g/mol. The minimum atomic E-state index is -0.0476. The second-order valence-electron chi connectivity index (χ2n) is 6.46. The van der Waals surface area contributed by atoms with Crippen LogP contribution in [0.1, 0.15) is 49.5 Å². The number of nitrogens with zero attached hydrogens (tertiary/aromatic N) is 4. The number of carbonyl (C=O) groups excluding carboxylic acids is 2. The summed E-state index contributed by atoms with van der Waals surface area (Å²) in [5.74, 6) is 0.626. The van der Waals surface area contributed by atoms with E-state index in [1.165, 1.54) is 0 Å². The Bertz CT molecular complexity index is 563. The number of hydrogen-bond acceptors (Lipinski definition) is 4. The number of unbranched alkanes of at least 4 members (excludes halogenated alkanes) is 1. The Balaban J connectivity index is 1.67. The highest BCUT2D eigenvalue weighted by Gasteiger charge is 2.40. The van der Waals surface area contributed by atoms with E-state index in [0.717, 1.165) is 38.8 Å². The summed E-state index contributed by atoms with van der Waals surface area (Å²) in [6.45, 7) is 4.41. The van der Waals surface area contributed by atoms with Crippen molar-refractivity contribution in [1.82, 2.24) is 20.0 Å². The highest BCUT2D eigenvalue weighted by atomic mass is 16.2. The molecule has 2 amide bonds. The van der Waals surface area contributed by atoms with Crippen LogP contribution in [0.4, 0.5) is 0 Å². The summed E-state index contributed by atoms with van der Waals surface area (Å²) in [6, 6.07) is 3.74. The third kappa shape index (κ3) is 3.35. The van der Waals surface area contributed by atoms with Crippen molar-refractivity contribution in [3.63, 3.8) is 0 Å². The van der Waals surface area contributed by atoms with Crippen LogP contribution in [0.15, 0.2) is 18.3 Å².